The molecule has 2 aromatic rings. The van der Waals surface area contributed by atoms with Crippen LogP contribution < -0.4 is 0 Å². The third kappa shape index (κ3) is 3.45. The first kappa shape index (κ1) is 16.0. The zero-order valence-corrected chi connectivity index (χ0v) is 13.7. The molecule has 0 fully saturated rings. The molecule has 2 rings (SSSR count). The Bertz CT molecular complexity index is 664. The largest absolute Gasteiger partial charge is 0.220 e. The van der Waals surface area contributed by atoms with Gasteiger partial charge in [-0.3, -0.25) is 0 Å². The predicted molar refractivity (Wildman–Crippen MR) is 93.7 cm³/mol. The maximum Gasteiger partial charge on any atom is 0.220 e. The number of nitrogens with zero attached hydrogens (tertiary/aromatic N) is 2. The van der Waals surface area contributed by atoms with Crippen molar-refractivity contribution in [2.45, 2.75) is 5.66 Å². The van der Waals surface area contributed by atoms with Crippen molar-refractivity contribution in [1.29, 1.82) is 0 Å². The van der Waals surface area contributed by atoms with Crippen molar-refractivity contribution in [2.24, 2.45) is 9.98 Å². The van der Waals surface area contributed by atoms with E-state index < -0.39 is 5.66 Å². The van der Waals surface area contributed by atoms with Crippen molar-refractivity contribution in [3.8, 4) is 0 Å². The van der Waals surface area contributed by atoms with Crippen LogP contribution in [0.1, 0.15) is 11.1 Å². The van der Waals surface area contributed by atoms with Crippen LogP contribution in [-0.4, -0.2) is 10.3 Å². The zero-order chi connectivity index (χ0) is 15.3. The molecule has 0 atom stereocenters. The van der Waals surface area contributed by atoms with Crippen LogP contribution in [0.25, 0.3) is 0 Å². The van der Waals surface area contributed by atoms with Gasteiger partial charge in [-0.05, 0) is 48.7 Å². The van der Waals surface area contributed by atoms with E-state index in [1.165, 1.54) is 0 Å². The Morgan fingerprint density at radius 1 is 0.714 bits per heavy atom. The third-order valence-electron chi connectivity index (χ3n) is 2.91. The van der Waals surface area contributed by atoms with Gasteiger partial charge in [0.05, 0.1) is 10.3 Å². The highest BCUT2D eigenvalue weighted by Crippen LogP contribution is 2.36. The smallest absolute Gasteiger partial charge is 0.191 e. The predicted octanol–water partition coefficient (Wildman–Crippen LogP) is 5.40. The van der Waals surface area contributed by atoms with Crippen LogP contribution in [-0.2, 0) is 5.66 Å². The number of isothiocyanates is 2. The fourth-order valence-electron chi connectivity index (χ4n) is 1.95. The lowest BCUT2D eigenvalue weighted by atomic mass is 9.92. The lowest BCUT2D eigenvalue weighted by molar-refractivity contribution is 0.584. The molecule has 0 radical (unpaired) electrons. The lowest BCUT2D eigenvalue weighted by Gasteiger charge is -2.24. The standard InChI is InChI=1S/C15H8Cl2N2S2/c16-13-5-1-11(2-6-13)15(18-9-20,19-10-21)12-3-7-14(17)8-4-12/h1-8H. The number of rotatable bonds is 4. The molecular weight excluding hydrogens is 343 g/mol. The van der Waals surface area contributed by atoms with E-state index in [0.29, 0.717) is 10.0 Å². The summed E-state index contributed by atoms with van der Waals surface area (Å²) in [5.41, 5.74) is 0.381. The first-order chi connectivity index (χ1) is 10.1. The molecule has 0 aromatic heterocycles. The van der Waals surface area contributed by atoms with E-state index in [0.717, 1.165) is 11.1 Å². The van der Waals surface area contributed by atoms with Crippen molar-refractivity contribution in [3.05, 3.63) is 69.7 Å². The summed E-state index contributed by atoms with van der Waals surface area (Å²) in [5.74, 6) is 0. The van der Waals surface area contributed by atoms with E-state index in [-0.39, 0.29) is 0 Å². The molecule has 104 valence electrons. The number of hydrogen-bond donors (Lipinski definition) is 0. The summed E-state index contributed by atoms with van der Waals surface area (Å²) in [6.07, 6.45) is 0. The van der Waals surface area contributed by atoms with Gasteiger partial charge in [0.25, 0.3) is 0 Å². The summed E-state index contributed by atoms with van der Waals surface area (Å²) in [6, 6.07) is 14.2. The van der Waals surface area contributed by atoms with Gasteiger partial charge < -0.3 is 0 Å². The Kier molecular flexibility index (Phi) is 5.38. The van der Waals surface area contributed by atoms with E-state index in [4.69, 9.17) is 47.6 Å². The molecule has 0 unspecified atom stereocenters. The van der Waals surface area contributed by atoms with Gasteiger partial charge in [0.15, 0.2) is 0 Å². The fraction of sp³-hybridized carbons (Fsp3) is 0.0667. The Labute approximate surface area is 143 Å². The van der Waals surface area contributed by atoms with Crippen LogP contribution in [0.15, 0.2) is 58.5 Å². The van der Waals surface area contributed by atoms with Gasteiger partial charge in [-0.25, -0.2) is 0 Å². The van der Waals surface area contributed by atoms with Crippen LogP contribution in [0, 0.1) is 0 Å². The molecule has 2 aromatic carbocycles. The Balaban J connectivity index is 2.74. The third-order valence-corrected chi connectivity index (χ3v) is 3.59. The highest BCUT2D eigenvalue weighted by atomic mass is 35.5. The minimum Gasteiger partial charge on any atom is -0.191 e. The second-order valence-corrected chi connectivity index (χ2v) is 5.33. The molecule has 21 heavy (non-hydrogen) atoms. The maximum absolute atomic E-state index is 5.93. The van der Waals surface area contributed by atoms with Crippen LogP contribution in [0.5, 0.6) is 0 Å². The molecule has 0 saturated carbocycles. The van der Waals surface area contributed by atoms with Crippen molar-refractivity contribution in [3.63, 3.8) is 0 Å². The summed E-state index contributed by atoms with van der Waals surface area (Å²) in [6.45, 7) is 0. The molecule has 6 heteroatoms. The summed E-state index contributed by atoms with van der Waals surface area (Å²) < 4.78 is 0. The summed E-state index contributed by atoms with van der Waals surface area (Å²) in [5, 5.41) is 5.99. The van der Waals surface area contributed by atoms with Gasteiger partial charge in [0.1, 0.15) is 0 Å². The molecule has 0 bridgehead atoms. The highest BCUT2D eigenvalue weighted by Gasteiger charge is 2.33. The van der Waals surface area contributed by atoms with E-state index in [1.54, 1.807) is 24.3 Å². The zero-order valence-electron chi connectivity index (χ0n) is 10.6. The molecule has 2 nitrogen and oxygen atoms in total. The van der Waals surface area contributed by atoms with Crippen molar-refractivity contribution in [2.75, 3.05) is 0 Å². The average molecular weight is 351 g/mol. The number of thiocarbonyl (C=S) groups is 2. The van der Waals surface area contributed by atoms with Gasteiger partial charge in [-0.1, -0.05) is 47.5 Å². The summed E-state index contributed by atoms with van der Waals surface area (Å²) in [4.78, 5) is 8.46. The first-order valence-electron chi connectivity index (χ1n) is 5.82. The van der Waals surface area contributed by atoms with Crippen LogP contribution in [0.2, 0.25) is 10.0 Å². The van der Waals surface area contributed by atoms with E-state index in [2.05, 4.69) is 20.3 Å². The van der Waals surface area contributed by atoms with Crippen molar-refractivity contribution >= 4 is 58.0 Å². The molecule has 0 aliphatic carbocycles. The Hall–Kier alpha value is -1.38. The minimum absolute atomic E-state index is 0.612. The second-order valence-electron chi connectivity index (χ2n) is 4.09. The van der Waals surface area contributed by atoms with E-state index in [1.807, 2.05) is 24.3 Å². The normalized spacial score (nSPS) is 10.4. The fourth-order valence-corrected chi connectivity index (χ4v) is 2.46. The quantitative estimate of drug-likeness (QED) is 0.544. The lowest BCUT2D eigenvalue weighted by Crippen LogP contribution is -2.22. The number of benzene rings is 2. The molecule has 0 N–H and O–H groups in total. The minimum atomic E-state index is -1.13. The first-order valence-corrected chi connectivity index (χ1v) is 7.40. The van der Waals surface area contributed by atoms with Gasteiger partial charge in [-0.2, -0.15) is 9.98 Å². The van der Waals surface area contributed by atoms with Gasteiger partial charge in [0.2, 0.25) is 5.66 Å². The average Bonchev–Trinajstić information content (AvgIpc) is 2.48. The van der Waals surface area contributed by atoms with Gasteiger partial charge in [-0.15, -0.1) is 0 Å². The van der Waals surface area contributed by atoms with E-state index >= 15 is 0 Å². The molecule has 0 saturated heterocycles. The van der Waals surface area contributed by atoms with Gasteiger partial charge in [0, 0.05) is 21.2 Å². The highest BCUT2D eigenvalue weighted by molar-refractivity contribution is 7.78. The topological polar surface area (TPSA) is 24.7 Å². The van der Waals surface area contributed by atoms with E-state index in [9.17, 15) is 0 Å². The number of aliphatic imine (C=N–C) groups is 2. The molecule has 0 aliphatic rings. The molecular formula is C15H8Cl2N2S2. The SMILES string of the molecule is S=C=NC(N=C=S)(c1ccc(Cl)cc1)c1ccc(Cl)cc1. The molecule has 0 aliphatic heterocycles. The van der Waals surface area contributed by atoms with Crippen LogP contribution in [0.4, 0.5) is 0 Å². The molecule has 0 amide bonds. The van der Waals surface area contributed by atoms with Crippen molar-refractivity contribution in [1.82, 2.24) is 0 Å². The summed E-state index contributed by atoms with van der Waals surface area (Å²) in [7, 11) is 0. The molecule has 0 heterocycles. The monoisotopic (exact) mass is 350 g/mol. The Morgan fingerprint density at radius 3 is 1.33 bits per heavy atom. The summed E-state index contributed by atoms with van der Waals surface area (Å²) >= 11 is 21.4. The maximum atomic E-state index is 5.93. The Morgan fingerprint density at radius 2 is 1.05 bits per heavy atom. The van der Waals surface area contributed by atoms with Crippen LogP contribution >= 0.6 is 47.6 Å². The molecule has 0 spiro atoms. The van der Waals surface area contributed by atoms with Gasteiger partial charge >= 0.3 is 0 Å². The van der Waals surface area contributed by atoms with Crippen molar-refractivity contribution < 1.29 is 0 Å². The van der Waals surface area contributed by atoms with Crippen LogP contribution in [0.3, 0.4) is 0 Å². The second kappa shape index (κ2) is 7.06. The number of hydrogen-bond acceptors (Lipinski definition) is 4. The number of halogens is 2.